The summed E-state index contributed by atoms with van der Waals surface area (Å²) in [6.45, 7) is 3.36. The van der Waals surface area contributed by atoms with Gasteiger partial charge in [-0.05, 0) is 40.3 Å². The van der Waals surface area contributed by atoms with E-state index in [1.165, 1.54) is 0 Å². The number of carbonyl (C=O) groups is 1. The highest BCUT2D eigenvalue weighted by Crippen LogP contribution is 2.26. The molecular formula is C23H25ClN8O. The van der Waals surface area contributed by atoms with Gasteiger partial charge >= 0.3 is 0 Å². The molecule has 0 bridgehead atoms. The number of fused-ring (bicyclic) bond motifs is 1. The molecule has 1 atom stereocenters. The number of aryl methyl sites for hydroxylation is 1. The first-order valence-electron chi connectivity index (χ1n) is 11.0. The lowest BCUT2D eigenvalue weighted by Gasteiger charge is -2.36. The molecule has 5 rings (SSSR count). The average Bonchev–Trinajstić information content (AvgIpc) is 3.47. The molecule has 1 fully saturated rings. The van der Waals surface area contributed by atoms with E-state index >= 15 is 0 Å². The van der Waals surface area contributed by atoms with Gasteiger partial charge in [-0.25, -0.2) is 9.67 Å². The minimum atomic E-state index is -0.0452. The molecule has 0 radical (unpaired) electrons. The largest absolute Gasteiger partial charge is 0.339 e. The number of halogens is 1. The van der Waals surface area contributed by atoms with Crippen molar-refractivity contribution in [3.8, 4) is 0 Å². The zero-order valence-corrected chi connectivity index (χ0v) is 19.1. The van der Waals surface area contributed by atoms with Gasteiger partial charge in [0.1, 0.15) is 6.33 Å². The first-order valence-corrected chi connectivity index (χ1v) is 11.4. The fraction of sp³-hybridized carbons (Fsp3) is 0.348. The molecule has 2 aromatic carbocycles. The van der Waals surface area contributed by atoms with Crippen molar-refractivity contribution in [2.45, 2.75) is 18.9 Å². The van der Waals surface area contributed by atoms with Crippen molar-refractivity contribution in [1.82, 2.24) is 34.7 Å². The number of hydrogen-bond donors (Lipinski definition) is 0. The smallest absolute Gasteiger partial charge is 0.223 e. The average molecular weight is 465 g/mol. The molecule has 1 aliphatic heterocycles. The summed E-state index contributed by atoms with van der Waals surface area (Å²) in [5, 5.41) is 12.1. The topological polar surface area (TPSA) is 85.0 Å². The summed E-state index contributed by atoms with van der Waals surface area (Å²) in [5.41, 5.74) is 3.14. The van der Waals surface area contributed by atoms with Gasteiger partial charge < -0.3 is 14.4 Å². The number of para-hydroxylation sites is 2. The van der Waals surface area contributed by atoms with Crippen molar-refractivity contribution >= 4 is 34.5 Å². The van der Waals surface area contributed by atoms with E-state index in [4.69, 9.17) is 16.6 Å². The molecule has 9 nitrogen and oxygen atoms in total. The third-order valence-corrected chi connectivity index (χ3v) is 6.49. The van der Waals surface area contributed by atoms with E-state index in [0.717, 1.165) is 35.6 Å². The molecule has 0 unspecified atom stereocenters. The number of imidazole rings is 1. The number of aromatic nitrogens is 6. The number of benzene rings is 2. The van der Waals surface area contributed by atoms with Crippen LogP contribution in [0.25, 0.3) is 11.0 Å². The summed E-state index contributed by atoms with van der Waals surface area (Å²) in [4.78, 5) is 22.2. The monoisotopic (exact) mass is 464 g/mol. The Morgan fingerprint density at radius 2 is 1.82 bits per heavy atom. The predicted molar refractivity (Wildman–Crippen MR) is 126 cm³/mol. The van der Waals surface area contributed by atoms with Crippen LogP contribution in [0.2, 0.25) is 5.02 Å². The van der Waals surface area contributed by atoms with Gasteiger partial charge in [0.25, 0.3) is 0 Å². The van der Waals surface area contributed by atoms with Crippen LogP contribution in [0.5, 0.6) is 0 Å². The maximum absolute atomic E-state index is 13.2. The van der Waals surface area contributed by atoms with Crippen molar-refractivity contribution < 1.29 is 4.79 Å². The second kappa shape index (κ2) is 9.19. The number of tetrazole rings is 1. The van der Waals surface area contributed by atoms with Gasteiger partial charge in [-0.3, -0.25) is 4.79 Å². The zero-order valence-electron chi connectivity index (χ0n) is 18.4. The fourth-order valence-corrected chi connectivity index (χ4v) is 4.55. The second-order valence-electron chi connectivity index (χ2n) is 8.31. The molecule has 3 heterocycles. The first kappa shape index (κ1) is 21.4. The van der Waals surface area contributed by atoms with Crippen LogP contribution in [-0.4, -0.2) is 66.7 Å². The highest BCUT2D eigenvalue weighted by atomic mass is 35.5. The van der Waals surface area contributed by atoms with Crippen LogP contribution >= 0.6 is 11.6 Å². The third-order valence-electron chi connectivity index (χ3n) is 6.24. The highest BCUT2D eigenvalue weighted by molar-refractivity contribution is 6.30. The summed E-state index contributed by atoms with van der Waals surface area (Å²) in [6, 6.07) is 15.8. The molecule has 170 valence electrons. The highest BCUT2D eigenvalue weighted by Gasteiger charge is 2.26. The minimum Gasteiger partial charge on any atom is -0.339 e. The van der Waals surface area contributed by atoms with E-state index in [1.807, 2.05) is 54.4 Å². The Bertz CT molecular complexity index is 1230. The second-order valence-corrected chi connectivity index (χ2v) is 8.75. The quantitative estimate of drug-likeness (QED) is 0.436. The number of hydrogen-bond acceptors (Lipinski definition) is 6. The van der Waals surface area contributed by atoms with Crippen LogP contribution < -0.4 is 4.90 Å². The van der Waals surface area contributed by atoms with E-state index in [0.29, 0.717) is 31.1 Å². The SMILES string of the molecule is Cn1c(N2CCN(C(=O)C[C@H](Cn3cnnn3)c3ccc(Cl)cc3)CC2)nc2ccccc21. The van der Waals surface area contributed by atoms with Gasteiger partial charge in [-0.15, -0.1) is 5.10 Å². The molecular weight excluding hydrogens is 440 g/mol. The molecule has 0 N–H and O–H groups in total. The van der Waals surface area contributed by atoms with Crippen molar-refractivity contribution in [3.63, 3.8) is 0 Å². The minimum absolute atomic E-state index is 0.0452. The van der Waals surface area contributed by atoms with Crippen molar-refractivity contribution in [2.24, 2.45) is 7.05 Å². The summed E-state index contributed by atoms with van der Waals surface area (Å²) >= 11 is 6.06. The number of rotatable bonds is 6. The lowest BCUT2D eigenvalue weighted by Crippen LogP contribution is -2.49. The van der Waals surface area contributed by atoms with Crippen LogP contribution in [0.15, 0.2) is 54.9 Å². The molecule has 2 aromatic heterocycles. The van der Waals surface area contributed by atoms with Crippen LogP contribution in [0.1, 0.15) is 17.9 Å². The summed E-state index contributed by atoms with van der Waals surface area (Å²) in [7, 11) is 2.04. The maximum atomic E-state index is 13.2. The number of amides is 1. The number of piperazine rings is 1. The maximum Gasteiger partial charge on any atom is 0.223 e. The van der Waals surface area contributed by atoms with Gasteiger partial charge in [0.2, 0.25) is 11.9 Å². The van der Waals surface area contributed by atoms with Gasteiger partial charge in [0, 0.05) is 50.6 Å². The van der Waals surface area contributed by atoms with Crippen LogP contribution in [0.4, 0.5) is 5.95 Å². The molecule has 0 aliphatic carbocycles. The van der Waals surface area contributed by atoms with E-state index in [-0.39, 0.29) is 11.8 Å². The first-order chi connectivity index (χ1) is 16.1. The van der Waals surface area contributed by atoms with E-state index < -0.39 is 0 Å². The van der Waals surface area contributed by atoms with Gasteiger partial charge in [-0.2, -0.15) is 0 Å². The standard InChI is InChI=1S/C23H25ClN8O/c1-29-21-5-3-2-4-20(21)26-23(29)31-12-10-30(11-13-31)22(33)14-18(15-32-16-25-27-28-32)17-6-8-19(24)9-7-17/h2-9,16,18H,10-15H2,1H3/t18-/m1/s1. The Balaban J connectivity index is 1.26. The van der Waals surface area contributed by atoms with E-state index in [2.05, 4.69) is 31.1 Å². The number of anilines is 1. The lowest BCUT2D eigenvalue weighted by atomic mass is 9.95. The number of carbonyl (C=O) groups excluding carboxylic acids is 1. The number of nitrogens with zero attached hydrogens (tertiary/aromatic N) is 8. The molecule has 1 saturated heterocycles. The molecule has 0 saturated carbocycles. The molecule has 1 amide bonds. The summed E-state index contributed by atoms with van der Waals surface area (Å²) in [5.74, 6) is 1.03. The summed E-state index contributed by atoms with van der Waals surface area (Å²) in [6.07, 6.45) is 1.96. The van der Waals surface area contributed by atoms with Crippen LogP contribution in [0.3, 0.4) is 0 Å². The Kier molecular flexibility index (Phi) is 5.95. The Morgan fingerprint density at radius 3 is 2.52 bits per heavy atom. The normalized spacial score (nSPS) is 15.2. The lowest BCUT2D eigenvalue weighted by molar-refractivity contribution is -0.132. The predicted octanol–water partition coefficient (Wildman–Crippen LogP) is 2.74. The molecule has 1 aliphatic rings. The molecule has 10 heteroatoms. The molecule has 0 spiro atoms. The van der Waals surface area contributed by atoms with E-state index in [1.54, 1.807) is 11.0 Å². The Morgan fingerprint density at radius 1 is 1.06 bits per heavy atom. The van der Waals surface area contributed by atoms with Gasteiger partial charge in [0.05, 0.1) is 17.6 Å². The van der Waals surface area contributed by atoms with Crippen molar-refractivity contribution in [1.29, 1.82) is 0 Å². The van der Waals surface area contributed by atoms with Crippen LogP contribution in [0, 0.1) is 0 Å². The van der Waals surface area contributed by atoms with Gasteiger partial charge in [0.15, 0.2) is 0 Å². The van der Waals surface area contributed by atoms with Crippen molar-refractivity contribution in [2.75, 3.05) is 31.1 Å². The van der Waals surface area contributed by atoms with E-state index in [9.17, 15) is 4.79 Å². The summed E-state index contributed by atoms with van der Waals surface area (Å²) < 4.78 is 3.78. The zero-order chi connectivity index (χ0) is 22.8. The molecule has 4 aromatic rings. The Hall–Kier alpha value is -3.46. The van der Waals surface area contributed by atoms with Gasteiger partial charge in [-0.1, -0.05) is 35.9 Å². The van der Waals surface area contributed by atoms with Crippen molar-refractivity contribution in [3.05, 3.63) is 65.4 Å². The third kappa shape index (κ3) is 4.54. The van der Waals surface area contributed by atoms with Crippen LogP contribution in [-0.2, 0) is 18.4 Å². The fourth-order valence-electron chi connectivity index (χ4n) is 4.42. The molecule has 33 heavy (non-hydrogen) atoms. The Labute approximate surface area is 196 Å².